The van der Waals surface area contributed by atoms with Gasteiger partial charge in [-0.1, -0.05) is 6.07 Å². The minimum atomic E-state index is -0.959. The fraction of sp³-hybridized carbons (Fsp3) is 0.389. The van der Waals surface area contributed by atoms with Crippen molar-refractivity contribution in [3.63, 3.8) is 0 Å². The lowest BCUT2D eigenvalue weighted by atomic mass is 10.1. The zero-order chi connectivity index (χ0) is 16.9. The van der Waals surface area contributed by atoms with E-state index in [0.717, 1.165) is 37.3 Å². The summed E-state index contributed by atoms with van der Waals surface area (Å²) in [5.74, 6) is -0.303. The van der Waals surface area contributed by atoms with Crippen molar-refractivity contribution in [1.82, 2.24) is 10.2 Å². The minimum absolute atomic E-state index is 0.316. The van der Waals surface area contributed by atoms with Crippen molar-refractivity contribution in [3.8, 4) is 16.2 Å². The zero-order valence-electron chi connectivity index (χ0n) is 13.7. The Balaban J connectivity index is 1.83. The lowest BCUT2D eigenvalue weighted by Crippen LogP contribution is -2.48. The third-order valence-corrected chi connectivity index (χ3v) is 4.98. The van der Waals surface area contributed by atoms with Crippen molar-refractivity contribution in [1.29, 1.82) is 0 Å². The first-order valence-corrected chi connectivity index (χ1v) is 8.97. The molecular weight excluding hydrogens is 324 g/mol. The van der Waals surface area contributed by atoms with E-state index in [2.05, 4.69) is 34.7 Å². The molecule has 0 aliphatic carbocycles. The van der Waals surface area contributed by atoms with E-state index < -0.39 is 5.97 Å². The molecule has 0 spiro atoms. The van der Waals surface area contributed by atoms with Crippen molar-refractivity contribution in [3.05, 3.63) is 41.3 Å². The number of aliphatic carboxylic acids is 1. The summed E-state index contributed by atoms with van der Waals surface area (Å²) in [6.45, 7) is 5.55. The smallest absolute Gasteiger partial charge is 0.341 e. The predicted molar refractivity (Wildman–Crippen MR) is 95.6 cm³/mol. The van der Waals surface area contributed by atoms with Crippen LogP contribution in [0.5, 0.6) is 5.75 Å². The summed E-state index contributed by atoms with van der Waals surface area (Å²) in [4.78, 5) is 14.4. The van der Waals surface area contributed by atoms with Gasteiger partial charge >= 0.3 is 5.97 Å². The van der Waals surface area contributed by atoms with Crippen LogP contribution in [0.4, 0.5) is 0 Å². The fourth-order valence-electron chi connectivity index (χ4n) is 2.98. The zero-order valence-corrected chi connectivity index (χ0v) is 14.5. The van der Waals surface area contributed by atoms with E-state index in [1.165, 1.54) is 4.88 Å². The number of carbonyl (C=O) groups is 1. The summed E-state index contributed by atoms with van der Waals surface area (Å²) < 4.78 is 5.50. The molecule has 1 aliphatic rings. The van der Waals surface area contributed by atoms with Gasteiger partial charge in [-0.2, -0.15) is 0 Å². The van der Waals surface area contributed by atoms with Gasteiger partial charge in [0.05, 0.1) is 0 Å². The largest absolute Gasteiger partial charge is 0.482 e. The molecule has 0 unspecified atom stereocenters. The van der Waals surface area contributed by atoms with Gasteiger partial charge in [0.25, 0.3) is 0 Å². The molecule has 0 radical (unpaired) electrons. The van der Waals surface area contributed by atoms with Gasteiger partial charge in [0.1, 0.15) is 5.75 Å². The predicted octanol–water partition coefficient (Wildman–Crippen LogP) is 2.67. The van der Waals surface area contributed by atoms with Gasteiger partial charge in [-0.05, 0) is 42.1 Å². The topological polar surface area (TPSA) is 61.8 Å². The van der Waals surface area contributed by atoms with Crippen molar-refractivity contribution in [2.45, 2.75) is 19.5 Å². The second kappa shape index (κ2) is 7.79. The number of carboxylic acids is 1. The maximum absolute atomic E-state index is 10.8. The fourth-order valence-corrected chi connectivity index (χ4v) is 3.70. The summed E-state index contributed by atoms with van der Waals surface area (Å²) in [6, 6.07) is 10.6. The van der Waals surface area contributed by atoms with Gasteiger partial charge < -0.3 is 15.2 Å². The van der Waals surface area contributed by atoms with Crippen LogP contribution in [0.3, 0.4) is 0 Å². The number of benzene rings is 1. The standard InChI is InChI=1S/C18H22N2O3S/c1-13-10-20(7-6-19-13)11-15-9-14(17-3-2-8-24-17)4-5-16(15)23-12-18(21)22/h2-5,8-9,13,19H,6-7,10-12H2,1H3,(H,21,22)/t13-/m1/s1. The number of nitrogens with one attached hydrogen (secondary N) is 1. The van der Waals surface area contributed by atoms with Crippen LogP contribution in [0, 0.1) is 0 Å². The number of ether oxygens (including phenoxy) is 1. The highest BCUT2D eigenvalue weighted by atomic mass is 32.1. The first-order valence-electron chi connectivity index (χ1n) is 8.09. The highest BCUT2D eigenvalue weighted by molar-refractivity contribution is 7.13. The summed E-state index contributed by atoms with van der Waals surface area (Å²) in [7, 11) is 0. The number of thiophene rings is 1. The van der Waals surface area contributed by atoms with Gasteiger partial charge in [-0.15, -0.1) is 11.3 Å². The van der Waals surface area contributed by atoms with E-state index in [9.17, 15) is 4.79 Å². The summed E-state index contributed by atoms with van der Waals surface area (Å²) in [6.07, 6.45) is 0. The molecule has 1 aliphatic heterocycles. The highest BCUT2D eigenvalue weighted by Gasteiger charge is 2.18. The van der Waals surface area contributed by atoms with Crippen LogP contribution in [0.15, 0.2) is 35.7 Å². The first kappa shape index (κ1) is 17.0. The third kappa shape index (κ3) is 4.35. The minimum Gasteiger partial charge on any atom is -0.482 e. The van der Waals surface area contributed by atoms with Crippen molar-refractivity contribution < 1.29 is 14.6 Å². The van der Waals surface area contributed by atoms with Gasteiger partial charge in [-0.25, -0.2) is 4.79 Å². The lowest BCUT2D eigenvalue weighted by Gasteiger charge is -2.32. The van der Waals surface area contributed by atoms with Crippen LogP contribution in [0.25, 0.3) is 10.4 Å². The van der Waals surface area contributed by atoms with E-state index in [0.29, 0.717) is 11.8 Å². The molecule has 24 heavy (non-hydrogen) atoms. The molecule has 2 N–H and O–H groups in total. The Morgan fingerprint density at radius 1 is 1.46 bits per heavy atom. The van der Waals surface area contributed by atoms with E-state index in [1.807, 2.05) is 18.2 Å². The third-order valence-electron chi connectivity index (χ3n) is 4.06. The number of hydrogen-bond donors (Lipinski definition) is 2. The van der Waals surface area contributed by atoms with Crippen LogP contribution >= 0.6 is 11.3 Å². The van der Waals surface area contributed by atoms with Crippen molar-refractivity contribution >= 4 is 17.3 Å². The van der Waals surface area contributed by atoms with E-state index in [4.69, 9.17) is 9.84 Å². The second-order valence-corrected chi connectivity index (χ2v) is 7.02. The van der Waals surface area contributed by atoms with Crippen LogP contribution < -0.4 is 10.1 Å². The van der Waals surface area contributed by atoms with Gasteiger partial charge in [-0.3, -0.25) is 4.90 Å². The average Bonchev–Trinajstić information content (AvgIpc) is 3.08. The Hall–Kier alpha value is -1.89. The molecule has 128 valence electrons. The maximum atomic E-state index is 10.8. The molecule has 1 aromatic heterocycles. The Bertz CT molecular complexity index is 688. The van der Waals surface area contributed by atoms with Crippen LogP contribution in [-0.4, -0.2) is 48.3 Å². The molecule has 5 nitrogen and oxygen atoms in total. The maximum Gasteiger partial charge on any atom is 0.341 e. The molecule has 1 fully saturated rings. The molecule has 0 bridgehead atoms. The summed E-state index contributed by atoms with van der Waals surface area (Å²) in [5.41, 5.74) is 2.18. The highest BCUT2D eigenvalue weighted by Crippen LogP contribution is 2.30. The molecule has 1 atom stereocenters. The van der Waals surface area contributed by atoms with Crippen LogP contribution in [-0.2, 0) is 11.3 Å². The Kier molecular flexibility index (Phi) is 5.50. The van der Waals surface area contributed by atoms with Crippen molar-refractivity contribution in [2.75, 3.05) is 26.2 Å². The first-order chi connectivity index (χ1) is 11.6. The molecule has 1 aromatic carbocycles. The SMILES string of the molecule is C[C@@H]1CN(Cc2cc(-c3cccs3)ccc2OCC(=O)O)CCN1. The molecule has 6 heteroatoms. The van der Waals surface area contributed by atoms with Crippen LogP contribution in [0.2, 0.25) is 0 Å². The number of rotatable bonds is 6. The second-order valence-electron chi connectivity index (χ2n) is 6.07. The molecule has 2 aromatic rings. The lowest BCUT2D eigenvalue weighted by molar-refractivity contribution is -0.139. The van der Waals surface area contributed by atoms with Gasteiger partial charge in [0, 0.05) is 42.7 Å². The average molecular weight is 346 g/mol. The number of hydrogen-bond acceptors (Lipinski definition) is 5. The quantitative estimate of drug-likeness (QED) is 0.842. The van der Waals surface area contributed by atoms with E-state index in [1.54, 1.807) is 11.3 Å². The number of carboxylic acid groups (broad SMARTS) is 1. The van der Waals surface area contributed by atoms with Crippen LogP contribution in [0.1, 0.15) is 12.5 Å². The van der Waals surface area contributed by atoms with E-state index in [-0.39, 0.29) is 6.61 Å². The van der Waals surface area contributed by atoms with E-state index >= 15 is 0 Å². The Morgan fingerprint density at radius 3 is 3.04 bits per heavy atom. The van der Waals surface area contributed by atoms with Gasteiger partial charge in [0.15, 0.2) is 6.61 Å². The monoisotopic (exact) mass is 346 g/mol. The van der Waals surface area contributed by atoms with Crippen molar-refractivity contribution in [2.24, 2.45) is 0 Å². The number of nitrogens with zero attached hydrogens (tertiary/aromatic N) is 1. The van der Waals surface area contributed by atoms with Gasteiger partial charge in [0.2, 0.25) is 0 Å². The molecule has 3 rings (SSSR count). The Labute approximate surface area is 145 Å². The number of piperazine rings is 1. The summed E-state index contributed by atoms with van der Waals surface area (Å²) >= 11 is 1.70. The molecule has 0 amide bonds. The Morgan fingerprint density at radius 2 is 2.33 bits per heavy atom. The molecule has 2 heterocycles. The molecule has 0 saturated carbocycles. The summed E-state index contributed by atoms with van der Waals surface area (Å²) in [5, 5.41) is 14.4. The molecular formula is C18H22N2O3S. The molecule has 1 saturated heterocycles. The normalized spacial score (nSPS) is 18.5.